The topological polar surface area (TPSA) is 50.7 Å². The SMILES string of the molecule is COc1ccc(C(O)C(C)NC2CCCCC2)cc1OC. The van der Waals surface area contributed by atoms with Crippen LogP contribution in [0.2, 0.25) is 0 Å². The lowest BCUT2D eigenvalue weighted by atomic mass is 9.93. The molecule has 1 saturated carbocycles. The molecule has 2 atom stereocenters. The van der Waals surface area contributed by atoms with Crippen LogP contribution in [-0.4, -0.2) is 31.4 Å². The van der Waals surface area contributed by atoms with Gasteiger partial charge < -0.3 is 19.9 Å². The summed E-state index contributed by atoms with van der Waals surface area (Å²) in [7, 11) is 3.22. The summed E-state index contributed by atoms with van der Waals surface area (Å²) in [5.41, 5.74) is 0.850. The van der Waals surface area contributed by atoms with Crippen LogP contribution in [0.1, 0.15) is 50.7 Å². The molecule has 21 heavy (non-hydrogen) atoms. The van der Waals surface area contributed by atoms with Crippen molar-refractivity contribution in [2.75, 3.05) is 14.2 Å². The molecule has 0 saturated heterocycles. The number of benzene rings is 1. The molecule has 4 heteroatoms. The average Bonchev–Trinajstić information content (AvgIpc) is 2.54. The third-order valence-electron chi connectivity index (χ3n) is 4.33. The van der Waals surface area contributed by atoms with Crippen molar-refractivity contribution in [1.82, 2.24) is 5.32 Å². The minimum absolute atomic E-state index is 0.0196. The number of hydrogen-bond acceptors (Lipinski definition) is 4. The Labute approximate surface area is 127 Å². The molecule has 2 unspecified atom stereocenters. The Morgan fingerprint density at radius 1 is 1.10 bits per heavy atom. The third-order valence-corrected chi connectivity index (χ3v) is 4.33. The fourth-order valence-corrected chi connectivity index (χ4v) is 3.06. The van der Waals surface area contributed by atoms with Gasteiger partial charge in [-0.1, -0.05) is 25.3 Å². The first-order chi connectivity index (χ1) is 10.2. The Kier molecular flexibility index (Phi) is 5.88. The van der Waals surface area contributed by atoms with Gasteiger partial charge >= 0.3 is 0 Å². The van der Waals surface area contributed by atoms with Gasteiger partial charge in [-0.05, 0) is 37.5 Å². The van der Waals surface area contributed by atoms with E-state index in [2.05, 4.69) is 5.32 Å². The summed E-state index contributed by atoms with van der Waals surface area (Å²) in [6.45, 7) is 2.04. The van der Waals surface area contributed by atoms with Crippen LogP contribution in [0.15, 0.2) is 18.2 Å². The van der Waals surface area contributed by atoms with Gasteiger partial charge in [-0.15, -0.1) is 0 Å². The van der Waals surface area contributed by atoms with Crippen molar-refractivity contribution in [3.05, 3.63) is 23.8 Å². The van der Waals surface area contributed by atoms with Crippen molar-refractivity contribution >= 4 is 0 Å². The third kappa shape index (κ3) is 4.11. The number of aliphatic hydroxyl groups is 1. The molecule has 0 radical (unpaired) electrons. The lowest BCUT2D eigenvalue weighted by molar-refractivity contribution is 0.124. The van der Waals surface area contributed by atoms with Gasteiger partial charge in [0, 0.05) is 12.1 Å². The zero-order valence-electron chi connectivity index (χ0n) is 13.3. The summed E-state index contributed by atoms with van der Waals surface area (Å²) in [6.07, 6.45) is 5.79. The highest BCUT2D eigenvalue weighted by Gasteiger charge is 2.22. The van der Waals surface area contributed by atoms with E-state index in [9.17, 15) is 5.11 Å². The van der Waals surface area contributed by atoms with E-state index >= 15 is 0 Å². The zero-order chi connectivity index (χ0) is 15.2. The highest BCUT2D eigenvalue weighted by molar-refractivity contribution is 5.43. The molecule has 1 fully saturated rings. The second kappa shape index (κ2) is 7.66. The minimum atomic E-state index is -0.549. The molecule has 0 heterocycles. The van der Waals surface area contributed by atoms with Crippen LogP contribution in [0, 0.1) is 0 Å². The molecular formula is C17H27NO3. The van der Waals surface area contributed by atoms with Crippen LogP contribution in [0.3, 0.4) is 0 Å². The van der Waals surface area contributed by atoms with Crippen molar-refractivity contribution in [3.8, 4) is 11.5 Å². The summed E-state index contributed by atoms with van der Waals surface area (Å²) < 4.78 is 10.5. The molecule has 0 bridgehead atoms. The summed E-state index contributed by atoms with van der Waals surface area (Å²) in [6, 6.07) is 6.13. The van der Waals surface area contributed by atoms with E-state index in [0.717, 1.165) is 5.56 Å². The largest absolute Gasteiger partial charge is 0.493 e. The number of nitrogens with one attached hydrogen (secondary N) is 1. The maximum absolute atomic E-state index is 10.5. The Hall–Kier alpha value is -1.26. The molecular weight excluding hydrogens is 266 g/mol. The number of aliphatic hydroxyl groups excluding tert-OH is 1. The Bertz CT molecular complexity index is 444. The molecule has 118 valence electrons. The average molecular weight is 293 g/mol. The molecule has 2 rings (SSSR count). The normalized spacial score (nSPS) is 19.0. The lowest BCUT2D eigenvalue weighted by Crippen LogP contribution is -2.41. The Balaban J connectivity index is 2.02. The van der Waals surface area contributed by atoms with Crippen molar-refractivity contribution in [1.29, 1.82) is 0 Å². The maximum Gasteiger partial charge on any atom is 0.161 e. The van der Waals surface area contributed by atoms with Gasteiger partial charge in [-0.25, -0.2) is 0 Å². The van der Waals surface area contributed by atoms with Crippen molar-refractivity contribution < 1.29 is 14.6 Å². The minimum Gasteiger partial charge on any atom is -0.493 e. The fraction of sp³-hybridized carbons (Fsp3) is 0.647. The maximum atomic E-state index is 10.5. The monoisotopic (exact) mass is 293 g/mol. The van der Waals surface area contributed by atoms with Crippen LogP contribution >= 0.6 is 0 Å². The molecule has 2 N–H and O–H groups in total. The van der Waals surface area contributed by atoms with Gasteiger partial charge in [0.2, 0.25) is 0 Å². The molecule has 0 amide bonds. The molecule has 4 nitrogen and oxygen atoms in total. The first-order valence-corrected chi connectivity index (χ1v) is 7.81. The number of hydrogen-bond donors (Lipinski definition) is 2. The molecule has 0 spiro atoms. The molecule has 0 aliphatic heterocycles. The summed E-state index contributed by atoms with van der Waals surface area (Å²) in [4.78, 5) is 0. The molecule has 1 aromatic carbocycles. The zero-order valence-corrected chi connectivity index (χ0v) is 13.3. The van der Waals surface area contributed by atoms with Crippen molar-refractivity contribution in [3.63, 3.8) is 0 Å². The van der Waals surface area contributed by atoms with Crippen LogP contribution in [0.4, 0.5) is 0 Å². The number of rotatable bonds is 6. The lowest BCUT2D eigenvalue weighted by Gasteiger charge is -2.29. The van der Waals surface area contributed by atoms with Gasteiger partial charge in [0.05, 0.1) is 20.3 Å². The van der Waals surface area contributed by atoms with E-state index < -0.39 is 6.10 Å². The smallest absolute Gasteiger partial charge is 0.161 e. The van der Waals surface area contributed by atoms with Gasteiger partial charge in [-0.3, -0.25) is 0 Å². The first kappa shape index (κ1) is 16.1. The van der Waals surface area contributed by atoms with Crippen molar-refractivity contribution in [2.45, 2.75) is 57.2 Å². The Morgan fingerprint density at radius 3 is 2.38 bits per heavy atom. The second-order valence-electron chi connectivity index (χ2n) is 5.85. The fourth-order valence-electron chi connectivity index (χ4n) is 3.06. The first-order valence-electron chi connectivity index (χ1n) is 7.81. The molecule has 1 aromatic rings. The van der Waals surface area contributed by atoms with E-state index in [1.807, 2.05) is 25.1 Å². The van der Waals surface area contributed by atoms with Crippen LogP contribution in [0.5, 0.6) is 11.5 Å². The van der Waals surface area contributed by atoms with Crippen molar-refractivity contribution in [2.24, 2.45) is 0 Å². The highest BCUT2D eigenvalue weighted by Crippen LogP contribution is 2.31. The van der Waals surface area contributed by atoms with Gasteiger partial charge in [0.25, 0.3) is 0 Å². The van der Waals surface area contributed by atoms with Crippen LogP contribution < -0.4 is 14.8 Å². The number of methoxy groups -OCH3 is 2. The second-order valence-corrected chi connectivity index (χ2v) is 5.85. The Morgan fingerprint density at radius 2 is 1.76 bits per heavy atom. The number of ether oxygens (including phenoxy) is 2. The van der Waals surface area contributed by atoms with E-state index in [1.165, 1.54) is 32.1 Å². The predicted molar refractivity (Wildman–Crippen MR) is 84.0 cm³/mol. The predicted octanol–water partition coefficient (Wildman–Crippen LogP) is 3.05. The summed E-state index contributed by atoms with van der Waals surface area (Å²) in [5, 5.41) is 14.1. The van der Waals surface area contributed by atoms with E-state index in [0.29, 0.717) is 17.5 Å². The van der Waals surface area contributed by atoms with Gasteiger partial charge in [0.1, 0.15) is 0 Å². The van der Waals surface area contributed by atoms with E-state index in [-0.39, 0.29) is 6.04 Å². The highest BCUT2D eigenvalue weighted by atomic mass is 16.5. The van der Waals surface area contributed by atoms with Crippen LogP contribution in [0.25, 0.3) is 0 Å². The standard InChI is InChI=1S/C17H27NO3/c1-12(18-14-7-5-4-6-8-14)17(19)13-9-10-15(20-2)16(11-13)21-3/h9-12,14,17-19H,4-8H2,1-3H3. The molecule has 1 aliphatic carbocycles. The molecule has 1 aliphatic rings. The quantitative estimate of drug-likeness (QED) is 0.846. The van der Waals surface area contributed by atoms with Crippen LogP contribution in [-0.2, 0) is 0 Å². The molecule has 0 aromatic heterocycles. The van der Waals surface area contributed by atoms with Gasteiger partial charge in [0.15, 0.2) is 11.5 Å². The van der Waals surface area contributed by atoms with Gasteiger partial charge in [-0.2, -0.15) is 0 Å². The summed E-state index contributed by atoms with van der Waals surface area (Å²) >= 11 is 0. The summed E-state index contributed by atoms with van der Waals surface area (Å²) in [5.74, 6) is 1.33. The van der Waals surface area contributed by atoms with E-state index in [1.54, 1.807) is 14.2 Å². The van der Waals surface area contributed by atoms with E-state index in [4.69, 9.17) is 9.47 Å².